The van der Waals surface area contributed by atoms with E-state index < -0.39 is 6.04 Å². The number of carbonyl (C=O) groups is 1. The van der Waals surface area contributed by atoms with Crippen molar-refractivity contribution in [3.8, 4) is 0 Å². The maximum absolute atomic E-state index is 12.0. The Balaban J connectivity index is 2.08. The van der Waals surface area contributed by atoms with Gasteiger partial charge < -0.3 is 0 Å². The first-order chi connectivity index (χ1) is 7.68. The minimum Gasteiger partial charge on any atom is -0.292 e. The Kier molecular flexibility index (Phi) is 3.07. The number of hydrogen-bond donors (Lipinski definition) is 1. The smallest absolute Gasteiger partial charge is 0.188 e. The van der Waals surface area contributed by atoms with Gasteiger partial charge in [0.05, 0.1) is 0 Å². The molecule has 0 aliphatic carbocycles. The molecule has 0 saturated heterocycles. The van der Waals surface area contributed by atoms with Gasteiger partial charge in [-0.15, -0.1) is 10.6 Å². The lowest BCUT2D eigenvalue weighted by Gasteiger charge is -2.21. The van der Waals surface area contributed by atoms with Crippen LogP contribution in [-0.4, -0.2) is 27.8 Å². The third-order valence-electron chi connectivity index (χ3n) is 2.28. The number of hydrogen-bond acceptors (Lipinski definition) is 5. The molecule has 1 aromatic carbocycles. The van der Waals surface area contributed by atoms with Crippen LogP contribution >= 0.6 is 11.8 Å². The highest BCUT2D eigenvalue weighted by Gasteiger charge is 2.24. The van der Waals surface area contributed by atoms with Crippen LogP contribution in [0.15, 0.2) is 35.4 Å². The fourth-order valence-electron chi connectivity index (χ4n) is 1.39. The number of halogens is 1. The van der Waals surface area contributed by atoms with E-state index in [0.717, 1.165) is 4.53 Å². The summed E-state index contributed by atoms with van der Waals surface area (Å²) in [5, 5.41) is 5.34. The Labute approximate surface area is 98.3 Å². The van der Waals surface area contributed by atoms with Crippen LogP contribution in [0.25, 0.3) is 0 Å². The average Bonchev–Trinajstić information content (AvgIpc) is 2.75. The molecule has 0 radical (unpaired) electrons. The zero-order valence-electron chi connectivity index (χ0n) is 8.67. The molecule has 1 aliphatic rings. The molecule has 84 valence electrons. The number of nitrogens with zero attached hydrogens (tertiary/aromatic N) is 3. The Bertz CT molecular complexity index is 409. The molecule has 0 aromatic heterocycles. The van der Waals surface area contributed by atoms with Gasteiger partial charge in [-0.2, -0.15) is 9.65 Å². The molecule has 2 rings (SSSR count). The molecule has 1 atom stereocenters. The number of ketones is 1. The normalized spacial score (nSPS) is 16.6. The largest absolute Gasteiger partial charge is 0.292 e. The number of benzene rings is 1. The van der Waals surface area contributed by atoms with Gasteiger partial charge in [-0.25, -0.2) is 0 Å². The number of nitrogens with one attached hydrogen (secondary N) is 1. The van der Waals surface area contributed by atoms with Crippen molar-refractivity contribution in [2.75, 3.05) is 0 Å². The van der Waals surface area contributed by atoms with E-state index in [1.807, 2.05) is 18.2 Å². The fraction of sp³-hybridized carbons (Fsp3) is 0.200. The first kappa shape index (κ1) is 10.9. The molecule has 0 spiro atoms. The minimum atomic E-state index is -0.414. The molecule has 1 unspecified atom stereocenters. The van der Waals surface area contributed by atoms with Gasteiger partial charge in [-0.1, -0.05) is 30.3 Å². The summed E-state index contributed by atoms with van der Waals surface area (Å²) >= 11 is 5.62. The maximum atomic E-state index is 12.0. The van der Waals surface area contributed by atoms with Crippen LogP contribution in [-0.2, 0) is 0 Å². The molecule has 0 amide bonds. The first-order valence-electron chi connectivity index (χ1n) is 4.82. The van der Waals surface area contributed by atoms with E-state index in [4.69, 9.17) is 11.8 Å². The molecular formula is C10H11ClN4O. The van der Waals surface area contributed by atoms with Gasteiger partial charge >= 0.3 is 0 Å². The van der Waals surface area contributed by atoms with Crippen LogP contribution in [0.3, 0.4) is 0 Å². The first-order valence-corrected chi connectivity index (χ1v) is 5.16. The van der Waals surface area contributed by atoms with Crippen molar-refractivity contribution in [2.24, 2.45) is 5.10 Å². The van der Waals surface area contributed by atoms with Crippen molar-refractivity contribution in [3.05, 3.63) is 35.9 Å². The second kappa shape index (κ2) is 4.51. The molecule has 16 heavy (non-hydrogen) atoms. The highest BCUT2D eigenvalue weighted by molar-refractivity contribution is 6.18. The van der Waals surface area contributed by atoms with Crippen molar-refractivity contribution in [1.29, 1.82) is 0 Å². The standard InChI is InChI=1S/C10H11ClN4O/c1-8(15-12-7-14(11)13-15)10(16)9-5-3-2-4-6-9/h2-8,13H,1H3. The fourth-order valence-corrected chi connectivity index (χ4v) is 1.51. The lowest BCUT2D eigenvalue weighted by molar-refractivity contribution is 0.0692. The summed E-state index contributed by atoms with van der Waals surface area (Å²) in [7, 11) is 0. The minimum absolute atomic E-state index is 0.0165. The molecule has 0 bridgehead atoms. The summed E-state index contributed by atoms with van der Waals surface area (Å²) in [6.45, 7) is 1.76. The van der Waals surface area contributed by atoms with Crippen LogP contribution in [0.2, 0.25) is 0 Å². The van der Waals surface area contributed by atoms with E-state index >= 15 is 0 Å². The van der Waals surface area contributed by atoms with Crippen molar-refractivity contribution in [2.45, 2.75) is 13.0 Å². The van der Waals surface area contributed by atoms with Crippen LogP contribution in [0.1, 0.15) is 17.3 Å². The number of hydrazone groups is 1. The van der Waals surface area contributed by atoms with Crippen LogP contribution in [0.5, 0.6) is 0 Å². The highest BCUT2D eigenvalue weighted by Crippen LogP contribution is 2.10. The maximum Gasteiger partial charge on any atom is 0.188 e. The molecule has 1 heterocycles. The summed E-state index contributed by atoms with van der Waals surface area (Å²) in [6.07, 6.45) is 1.39. The monoisotopic (exact) mass is 238 g/mol. The van der Waals surface area contributed by atoms with Gasteiger partial charge in [0.25, 0.3) is 0 Å². The van der Waals surface area contributed by atoms with Crippen molar-refractivity contribution < 1.29 is 4.79 Å². The van der Waals surface area contributed by atoms with Gasteiger partial charge in [-0.3, -0.25) is 4.79 Å². The Morgan fingerprint density at radius 2 is 2.12 bits per heavy atom. The molecule has 0 fully saturated rings. The third kappa shape index (κ3) is 2.15. The van der Waals surface area contributed by atoms with Gasteiger partial charge in [-0.05, 0) is 6.92 Å². The number of carbonyl (C=O) groups excluding carboxylic acids is 1. The number of Topliss-reactive ketones (excluding diaryl/α,β-unsaturated/α-hetero) is 1. The Hall–Kier alpha value is -1.59. The van der Waals surface area contributed by atoms with Gasteiger partial charge in [0.2, 0.25) is 0 Å². The number of rotatable bonds is 3. The van der Waals surface area contributed by atoms with E-state index in [1.54, 1.807) is 19.1 Å². The summed E-state index contributed by atoms with van der Waals surface area (Å²) in [6, 6.07) is 8.66. The quantitative estimate of drug-likeness (QED) is 0.639. The molecule has 1 N–H and O–H groups in total. The Morgan fingerprint density at radius 1 is 1.44 bits per heavy atom. The van der Waals surface area contributed by atoms with E-state index in [2.05, 4.69) is 10.6 Å². The molecule has 1 aromatic rings. The summed E-state index contributed by atoms with van der Waals surface area (Å²) < 4.78 is 1.16. The highest BCUT2D eigenvalue weighted by atomic mass is 35.5. The molecule has 6 heteroatoms. The summed E-state index contributed by atoms with van der Waals surface area (Å²) in [4.78, 5) is 12.0. The SMILES string of the molecule is CC(C(=O)c1ccccc1)N1N=CN(Cl)N1. The molecule has 1 aliphatic heterocycles. The second-order valence-corrected chi connectivity index (χ2v) is 3.76. The van der Waals surface area contributed by atoms with Crippen molar-refractivity contribution in [1.82, 2.24) is 15.2 Å². The summed E-state index contributed by atoms with van der Waals surface area (Å²) in [5.74, 6) is -0.0165. The zero-order valence-corrected chi connectivity index (χ0v) is 9.43. The van der Waals surface area contributed by atoms with Gasteiger partial charge in [0, 0.05) is 17.3 Å². The van der Waals surface area contributed by atoms with Crippen LogP contribution in [0, 0.1) is 0 Å². The predicted octanol–water partition coefficient (Wildman–Crippen LogP) is 1.39. The second-order valence-electron chi connectivity index (χ2n) is 3.39. The number of hydrazine groups is 2. The van der Waals surface area contributed by atoms with E-state index in [-0.39, 0.29) is 5.78 Å². The van der Waals surface area contributed by atoms with Crippen molar-refractivity contribution >= 4 is 23.9 Å². The molecule has 5 nitrogen and oxygen atoms in total. The predicted molar refractivity (Wildman–Crippen MR) is 61.4 cm³/mol. The Morgan fingerprint density at radius 3 is 2.69 bits per heavy atom. The lowest BCUT2D eigenvalue weighted by Crippen LogP contribution is -2.44. The van der Waals surface area contributed by atoms with Crippen LogP contribution in [0.4, 0.5) is 0 Å². The van der Waals surface area contributed by atoms with E-state index in [9.17, 15) is 4.79 Å². The topological polar surface area (TPSA) is 47.9 Å². The molecular weight excluding hydrogens is 228 g/mol. The van der Waals surface area contributed by atoms with Gasteiger partial charge in [0.15, 0.2) is 5.78 Å². The zero-order chi connectivity index (χ0) is 11.5. The van der Waals surface area contributed by atoms with Gasteiger partial charge in [0.1, 0.15) is 12.4 Å². The van der Waals surface area contributed by atoms with Crippen molar-refractivity contribution in [3.63, 3.8) is 0 Å². The average molecular weight is 239 g/mol. The van der Waals surface area contributed by atoms with E-state index in [0.29, 0.717) is 5.56 Å². The lowest BCUT2D eigenvalue weighted by atomic mass is 10.1. The van der Waals surface area contributed by atoms with Crippen LogP contribution < -0.4 is 5.53 Å². The third-order valence-corrected chi connectivity index (χ3v) is 2.44. The summed E-state index contributed by atoms with van der Waals surface area (Å²) in [5.41, 5.74) is 3.35. The molecule has 0 saturated carbocycles. The van der Waals surface area contributed by atoms with E-state index in [1.165, 1.54) is 11.5 Å².